The van der Waals surface area contributed by atoms with Gasteiger partial charge in [-0.25, -0.2) is 4.39 Å². The molecule has 7 heteroatoms. The molecule has 1 fully saturated rings. The quantitative estimate of drug-likeness (QED) is 0.560. The maximum absolute atomic E-state index is 14.4. The van der Waals surface area contributed by atoms with E-state index < -0.39 is 0 Å². The number of hydrogen-bond donors (Lipinski definition) is 1. The second-order valence-corrected chi connectivity index (χ2v) is 9.72. The van der Waals surface area contributed by atoms with Crippen LogP contribution in [0.5, 0.6) is 0 Å². The molecule has 1 aromatic heterocycles. The van der Waals surface area contributed by atoms with Gasteiger partial charge in [0.05, 0.1) is 11.5 Å². The van der Waals surface area contributed by atoms with Crippen LogP contribution in [0.1, 0.15) is 26.4 Å². The topological polar surface area (TPSA) is 41.6 Å². The molecule has 0 atom stereocenters. The van der Waals surface area contributed by atoms with Gasteiger partial charge in [-0.3, -0.25) is 9.69 Å². The molecule has 158 valence electrons. The number of amides is 1. The lowest BCUT2D eigenvalue weighted by Crippen LogP contribution is -2.31. The minimum absolute atomic E-state index is 0.190. The number of thiophene rings is 1. The van der Waals surface area contributed by atoms with E-state index in [9.17, 15) is 9.18 Å². The Kier molecular flexibility index (Phi) is 6.73. The zero-order chi connectivity index (χ0) is 21.1. The lowest BCUT2D eigenvalue weighted by atomic mass is 10.1. The van der Waals surface area contributed by atoms with E-state index in [0.29, 0.717) is 15.8 Å². The number of halogens is 1. The average molecular weight is 445 g/mol. The zero-order valence-electron chi connectivity index (χ0n) is 17.2. The molecule has 1 aliphatic heterocycles. The summed E-state index contributed by atoms with van der Waals surface area (Å²) in [6.45, 7) is 5.37. The maximum Gasteiger partial charge on any atom is 0.266 e. The average Bonchev–Trinajstić information content (AvgIpc) is 3.11. The Morgan fingerprint density at radius 3 is 2.77 bits per heavy atom. The van der Waals surface area contributed by atoms with Crippen molar-refractivity contribution >= 4 is 44.8 Å². The largest absolute Gasteiger partial charge is 0.380 e. The van der Waals surface area contributed by atoms with Crippen molar-refractivity contribution in [2.75, 3.05) is 37.0 Å². The maximum atomic E-state index is 14.4. The van der Waals surface area contributed by atoms with Crippen LogP contribution < -0.4 is 5.32 Å². The van der Waals surface area contributed by atoms with Gasteiger partial charge in [0.2, 0.25) is 0 Å². The van der Waals surface area contributed by atoms with Crippen LogP contribution in [0.2, 0.25) is 0 Å². The molecule has 2 aromatic carbocycles. The summed E-state index contributed by atoms with van der Waals surface area (Å²) in [6, 6.07) is 11.1. The number of ether oxygens (including phenoxy) is 1. The van der Waals surface area contributed by atoms with Crippen LogP contribution in [0.15, 0.2) is 36.4 Å². The fourth-order valence-electron chi connectivity index (χ4n) is 3.79. The number of hydrogen-bond acceptors (Lipinski definition) is 5. The van der Waals surface area contributed by atoms with Gasteiger partial charge in [0.1, 0.15) is 5.82 Å². The van der Waals surface area contributed by atoms with Crippen LogP contribution in [-0.2, 0) is 17.9 Å². The second-order valence-electron chi connectivity index (χ2n) is 7.45. The van der Waals surface area contributed by atoms with Gasteiger partial charge in [-0.05, 0) is 36.2 Å². The van der Waals surface area contributed by atoms with Crippen molar-refractivity contribution in [2.24, 2.45) is 0 Å². The van der Waals surface area contributed by atoms with Crippen molar-refractivity contribution in [3.63, 3.8) is 0 Å². The smallest absolute Gasteiger partial charge is 0.266 e. The van der Waals surface area contributed by atoms with Crippen LogP contribution in [0.25, 0.3) is 10.1 Å². The number of rotatable bonds is 6. The summed E-state index contributed by atoms with van der Waals surface area (Å²) in [5, 5.41) is 3.49. The number of nitrogens with one attached hydrogen (secondary N) is 1. The van der Waals surface area contributed by atoms with E-state index in [2.05, 4.69) is 22.3 Å². The van der Waals surface area contributed by atoms with Crippen molar-refractivity contribution in [3.8, 4) is 0 Å². The van der Waals surface area contributed by atoms with Crippen LogP contribution in [-0.4, -0.2) is 42.5 Å². The first kappa shape index (κ1) is 21.3. The summed E-state index contributed by atoms with van der Waals surface area (Å²) in [5.41, 5.74) is 3.65. The molecule has 1 saturated heterocycles. The summed E-state index contributed by atoms with van der Waals surface area (Å²) >= 11 is 3.30. The highest BCUT2D eigenvalue weighted by Crippen LogP contribution is 2.34. The van der Waals surface area contributed by atoms with Gasteiger partial charge in [-0.1, -0.05) is 18.2 Å². The number of nitrogens with zero attached hydrogens (tertiary/aromatic N) is 1. The highest BCUT2D eigenvalue weighted by atomic mass is 32.2. The lowest BCUT2D eigenvalue weighted by molar-refractivity contribution is 0.102. The monoisotopic (exact) mass is 444 g/mol. The van der Waals surface area contributed by atoms with E-state index in [1.54, 1.807) is 13.2 Å². The standard InChI is InChI=1S/C23H25FN2O2S2/c1-15-12-16(13-26-8-10-29-11-9-26)6-7-19(15)25-23(27)22-17(14-28-2)21-18(24)4-3-5-20(21)30-22/h3-7,12H,8-11,13-14H2,1-2H3,(H,25,27). The SMILES string of the molecule is COCc1c(C(=O)Nc2ccc(CN3CCSCC3)cc2C)sc2cccc(F)c12. The fraction of sp³-hybridized carbons (Fsp3) is 0.348. The van der Waals surface area contributed by atoms with Crippen molar-refractivity contribution < 1.29 is 13.9 Å². The number of methoxy groups -OCH3 is 1. The molecule has 3 aromatic rings. The van der Waals surface area contributed by atoms with Crippen LogP contribution in [0.3, 0.4) is 0 Å². The van der Waals surface area contributed by atoms with Gasteiger partial charge in [-0.2, -0.15) is 11.8 Å². The molecule has 0 bridgehead atoms. The Morgan fingerprint density at radius 1 is 1.23 bits per heavy atom. The van der Waals surface area contributed by atoms with Crippen molar-refractivity contribution in [1.29, 1.82) is 0 Å². The highest BCUT2D eigenvalue weighted by molar-refractivity contribution is 7.99. The number of carbonyl (C=O) groups is 1. The van der Waals surface area contributed by atoms with E-state index in [4.69, 9.17) is 4.74 Å². The summed E-state index contributed by atoms with van der Waals surface area (Å²) in [7, 11) is 1.55. The van der Waals surface area contributed by atoms with E-state index in [-0.39, 0.29) is 18.3 Å². The Labute approximate surface area is 184 Å². The van der Waals surface area contributed by atoms with Crippen LogP contribution in [0, 0.1) is 12.7 Å². The van der Waals surface area contributed by atoms with E-state index >= 15 is 0 Å². The van der Waals surface area contributed by atoms with Gasteiger partial charge in [0, 0.05) is 59.6 Å². The molecular formula is C23H25FN2O2S2. The molecular weight excluding hydrogens is 419 g/mol. The Morgan fingerprint density at radius 2 is 2.03 bits per heavy atom. The normalized spacial score (nSPS) is 14.9. The van der Waals surface area contributed by atoms with Gasteiger partial charge in [0.25, 0.3) is 5.91 Å². The zero-order valence-corrected chi connectivity index (χ0v) is 18.8. The van der Waals surface area contributed by atoms with Gasteiger partial charge >= 0.3 is 0 Å². The number of anilines is 1. The summed E-state index contributed by atoms with van der Waals surface area (Å²) in [4.78, 5) is 16.0. The third-order valence-corrected chi connectivity index (χ3v) is 7.45. The molecule has 4 rings (SSSR count). The van der Waals surface area contributed by atoms with Crippen molar-refractivity contribution in [3.05, 3.63) is 63.8 Å². The Balaban J connectivity index is 1.55. The predicted octanol–water partition coefficient (Wildman–Crippen LogP) is 5.30. The number of carbonyl (C=O) groups excluding carboxylic acids is 1. The van der Waals surface area contributed by atoms with Crippen LogP contribution >= 0.6 is 23.1 Å². The first-order valence-electron chi connectivity index (χ1n) is 9.96. The number of benzene rings is 2. The number of thioether (sulfide) groups is 1. The third kappa shape index (κ3) is 4.54. The molecule has 1 N–H and O–H groups in total. The summed E-state index contributed by atoms with van der Waals surface area (Å²) in [6.07, 6.45) is 0. The van der Waals surface area contributed by atoms with Crippen molar-refractivity contribution in [2.45, 2.75) is 20.1 Å². The Bertz CT molecular complexity index is 1060. The highest BCUT2D eigenvalue weighted by Gasteiger charge is 2.21. The van der Waals surface area contributed by atoms with E-state index in [1.165, 1.54) is 34.5 Å². The predicted molar refractivity (Wildman–Crippen MR) is 124 cm³/mol. The Hall–Kier alpha value is -1.93. The first-order valence-corrected chi connectivity index (χ1v) is 11.9. The molecule has 2 heterocycles. The van der Waals surface area contributed by atoms with Crippen molar-refractivity contribution in [1.82, 2.24) is 4.90 Å². The number of fused-ring (bicyclic) bond motifs is 1. The minimum Gasteiger partial charge on any atom is -0.380 e. The van der Waals surface area contributed by atoms with E-state index in [0.717, 1.165) is 35.6 Å². The third-order valence-electron chi connectivity index (χ3n) is 5.31. The molecule has 0 radical (unpaired) electrons. The first-order chi connectivity index (χ1) is 14.6. The molecule has 1 aliphatic rings. The fourth-order valence-corrected chi connectivity index (χ4v) is 5.89. The summed E-state index contributed by atoms with van der Waals surface area (Å²) < 4.78 is 20.4. The molecule has 0 saturated carbocycles. The van der Waals surface area contributed by atoms with Gasteiger partial charge in [-0.15, -0.1) is 11.3 Å². The van der Waals surface area contributed by atoms with Crippen LogP contribution in [0.4, 0.5) is 10.1 Å². The summed E-state index contributed by atoms with van der Waals surface area (Å²) in [5.74, 6) is 1.82. The van der Waals surface area contributed by atoms with Gasteiger partial charge < -0.3 is 10.1 Å². The molecule has 4 nitrogen and oxygen atoms in total. The number of aryl methyl sites for hydroxylation is 1. The molecule has 0 spiro atoms. The second kappa shape index (κ2) is 9.47. The molecule has 0 aliphatic carbocycles. The molecule has 0 unspecified atom stereocenters. The molecule has 1 amide bonds. The molecule has 30 heavy (non-hydrogen) atoms. The van der Waals surface area contributed by atoms with Gasteiger partial charge in [0.15, 0.2) is 0 Å². The lowest BCUT2D eigenvalue weighted by Gasteiger charge is -2.26. The van der Waals surface area contributed by atoms with E-state index in [1.807, 2.05) is 30.8 Å². The minimum atomic E-state index is -0.327.